The number of nitrogens with zero attached hydrogens (tertiary/aromatic N) is 1. The van der Waals surface area contributed by atoms with Crippen LogP contribution < -0.4 is 10.6 Å². The Hall–Kier alpha value is -2.54. The first kappa shape index (κ1) is 22.2. The van der Waals surface area contributed by atoms with E-state index in [2.05, 4.69) is 10.6 Å². The van der Waals surface area contributed by atoms with E-state index in [1.54, 1.807) is 6.07 Å². The predicted octanol–water partition coefficient (Wildman–Crippen LogP) is 3.30. The zero-order valence-electron chi connectivity index (χ0n) is 15.5. The summed E-state index contributed by atoms with van der Waals surface area (Å²) in [6.07, 6.45) is -1.33. The normalized spacial score (nSPS) is 15.9. The molecule has 4 N–H and O–H groups in total. The molecule has 0 bridgehead atoms. The predicted molar refractivity (Wildman–Crippen MR) is 110 cm³/mol. The number of β-amino-alcohol motifs (C(OH)–C–C–N with tert-alkyl or cyclic N) is 1. The van der Waals surface area contributed by atoms with E-state index in [9.17, 15) is 27.9 Å². The molecule has 0 radical (unpaired) electrons. The minimum atomic E-state index is -1.50. The van der Waals surface area contributed by atoms with E-state index >= 15 is 0 Å². The number of halogens is 4. The van der Waals surface area contributed by atoms with E-state index in [1.807, 2.05) is 22.6 Å². The fraction of sp³-hybridized carbons (Fsp3) is 0.263. The lowest BCUT2D eigenvalue weighted by Gasteiger charge is -2.49. The Kier molecular flexibility index (Phi) is 6.13. The van der Waals surface area contributed by atoms with Crippen LogP contribution in [0.3, 0.4) is 0 Å². The second-order valence-electron chi connectivity index (χ2n) is 6.97. The molecule has 1 aliphatic rings. The van der Waals surface area contributed by atoms with Crippen LogP contribution in [-0.4, -0.2) is 51.8 Å². The quantitative estimate of drug-likeness (QED) is 0.441. The molecule has 1 heterocycles. The number of likely N-dealkylation sites (tertiary alicyclic amines) is 1. The van der Waals surface area contributed by atoms with E-state index in [0.29, 0.717) is 3.57 Å². The number of rotatable bonds is 5. The van der Waals surface area contributed by atoms with Crippen molar-refractivity contribution in [1.29, 1.82) is 0 Å². The molecule has 1 fully saturated rings. The molecule has 0 spiro atoms. The summed E-state index contributed by atoms with van der Waals surface area (Å²) in [5.41, 5.74) is -2.43. The fourth-order valence-electron chi connectivity index (χ4n) is 3.10. The molecule has 1 aliphatic heterocycles. The first-order chi connectivity index (χ1) is 14.0. The average Bonchev–Trinajstić information content (AvgIpc) is 2.63. The lowest BCUT2D eigenvalue weighted by atomic mass is 9.86. The Balaban J connectivity index is 1.85. The van der Waals surface area contributed by atoms with Crippen molar-refractivity contribution in [3.05, 3.63) is 56.9 Å². The highest BCUT2D eigenvalue weighted by Gasteiger charge is 2.48. The monoisotopic (exact) mass is 535 g/mol. The van der Waals surface area contributed by atoms with Crippen molar-refractivity contribution in [1.82, 2.24) is 10.2 Å². The molecule has 1 unspecified atom stereocenters. The Morgan fingerprint density at radius 2 is 1.83 bits per heavy atom. The number of nitrogens with one attached hydrogen (secondary N) is 2. The highest BCUT2D eigenvalue weighted by Crippen LogP contribution is 2.32. The topological polar surface area (TPSA) is 102 Å². The minimum Gasteiger partial charge on any atom is -0.465 e. The van der Waals surface area contributed by atoms with Gasteiger partial charge in [-0.05, 0) is 59.8 Å². The van der Waals surface area contributed by atoms with Crippen LogP contribution in [0.4, 0.5) is 29.3 Å². The van der Waals surface area contributed by atoms with Gasteiger partial charge in [0, 0.05) is 3.57 Å². The smallest absolute Gasteiger partial charge is 0.404 e. The van der Waals surface area contributed by atoms with Gasteiger partial charge in [0.2, 0.25) is 0 Å². The van der Waals surface area contributed by atoms with Gasteiger partial charge in [0.25, 0.3) is 5.91 Å². The summed E-state index contributed by atoms with van der Waals surface area (Å²) in [4.78, 5) is 24.7. The molecule has 0 aromatic heterocycles. The number of carbonyl (C=O) groups is 2. The van der Waals surface area contributed by atoms with Crippen LogP contribution in [0.2, 0.25) is 0 Å². The minimum absolute atomic E-state index is 0.145. The first-order valence-electron chi connectivity index (χ1n) is 8.73. The van der Waals surface area contributed by atoms with E-state index in [0.717, 1.165) is 17.0 Å². The van der Waals surface area contributed by atoms with Crippen LogP contribution in [-0.2, 0) is 0 Å². The molecule has 160 valence electrons. The number of hydrogen-bond donors (Lipinski definition) is 4. The summed E-state index contributed by atoms with van der Waals surface area (Å²) in [6, 6.07) is 5.05. The summed E-state index contributed by atoms with van der Waals surface area (Å²) in [5, 5.41) is 23.8. The fourth-order valence-corrected chi connectivity index (χ4v) is 3.55. The molecule has 3 rings (SSSR count). The maximum absolute atomic E-state index is 14.5. The Labute approximate surface area is 183 Å². The van der Waals surface area contributed by atoms with Gasteiger partial charge < -0.3 is 25.7 Å². The van der Waals surface area contributed by atoms with Gasteiger partial charge in [-0.3, -0.25) is 4.79 Å². The molecule has 2 aromatic rings. The highest BCUT2D eigenvalue weighted by atomic mass is 127. The van der Waals surface area contributed by atoms with E-state index in [-0.39, 0.29) is 24.3 Å². The number of benzene rings is 2. The average molecular weight is 535 g/mol. The van der Waals surface area contributed by atoms with Gasteiger partial charge in [0.05, 0.1) is 36.1 Å². The van der Waals surface area contributed by atoms with Crippen molar-refractivity contribution >= 4 is 46.0 Å². The molecule has 1 saturated heterocycles. The third kappa shape index (κ3) is 4.31. The molecular weight excluding hydrogens is 518 g/mol. The van der Waals surface area contributed by atoms with Crippen molar-refractivity contribution in [2.45, 2.75) is 18.6 Å². The number of hydrogen-bond acceptors (Lipinski definition) is 4. The summed E-state index contributed by atoms with van der Waals surface area (Å²) < 4.78 is 43.0. The maximum atomic E-state index is 14.5. The number of aliphatic hydroxyl groups is 1. The van der Waals surface area contributed by atoms with Gasteiger partial charge in [0.15, 0.2) is 11.6 Å². The molecular formula is C19H17F3IN3O4. The molecule has 2 aromatic carbocycles. The van der Waals surface area contributed by atoms with E-state index in [1.165, 1.54) is 19.1 Å². The zero-order valence-corrected chi connectivity index (χ0v) is 17.7. The Bertz CT molecular complexity index is 1010. The molecule has 30 heavy (non-hydrogen) atoms. The summed E-state index contributed by atoms with van der Waals surface area (Å²) in [5.74, 6) is -4.01. The molecule has 7 nitrogen and oxygen atoms in total. The van der Waals surface area contributed by atoms with Gasteiger partial charge >= 0.3 is 6.09 Å². The van der Waals surface area contributed by atoms with Crippen LogP contribution in [0.1, 0.15) is 17.3 Å². The van der Waals surface area contributed by atoms with Gasteiger partial charge in [-0.15, -0.1) is 0 Å². The lowest BCUT2D eigenvalue weighted by Crippen LogP contribution is -2.71. The van der Waals surface area contributed by atoms with E-state index in [4.69, 9.17) is 5.11 Å². The van der Waals surface area contributed by atoms with Crippen LogP contribution in [0.25, 0.3) is 0 Å². The van der Waals surface area contributed by atoms with E-state index < -0.39 is 46.8 Å². The lowest BCUT2D eigenvalue weighted by molar-refractivity contribution is -0.0987. The summed E-state index contributed by atoms with van der Waals surface area (Å²) in [6.45, 7) is 1.01. The third-order valence-electron chi connectivity index (χ3n) is 4.88. The molecule has 0 saturated carbocycles. The molecule has 11 heteroatoms. The second-order valence-corrected chi connectivity index (χ2v) is 8.21. The molecule has 2 amide bonds. The number of amides is 2. The van der Waals surface area contributed by atoms with Gasteiger partial charge in [-0.25, -0.2) is 18.0 Å². The van der Waals surface area contributed by atoms with Gasteiger partial charge in [0.1, 0.15) is 11.4 Å². The van der Waals surface area contributed by atoms with Crippen LogP contribution in [0.15, 0.2) is 30.3 Å². The van der Waals surface area contributed by atoms with Crippen LogP contribution in [0.5, 0.6) is 0 Å². The largest absolute Gasteiger partial charge is 0.465 e. The van der Waals surface area contributed by atoms with Crippen LogP contribution >= 0.6 is 22.6 Å². The summed E-state index contributed by atoms with van der Waals surface area (Å²) >= 11 is 1.89. The standard InChI is InChI=1S/C19H17F3IN3O4/c1-9(24-18(28)29)19(30)7-26(8-19)17(27)11-3-4-12(20)15(22)16(11)25-14-5-2-10(23)6-13(14)21/h2-6,9,24-25,30H,7-8H2,1H3,(H,28,29). The zero-order chi connectivity index (χ0) is 22.2. The third-order valence-corrected chi connectivity index (χ3v) is 5.55. The van der Waals surface area contributed by atoms with Crippen molar-refractivity contribution in [3.8, 4) is 0 Å². The highest BCUT2D eigenvalue weighted by molar-refractivity contribution is 14.1. The SMILES string of the molecule is CC(NC(=O)O)C1(O)CN(C(=O)c2ccc(F)c(F)c2Nc2ccc(I)cc2F)C1. The van der Waals surface area contributed by atoms with Gasteiger partial charge in [-0.1, -0.05) is 0 Å². The van der Waals surface area contributed by atoms with Crippen molar-refractivity contribution in [2.24, 2.45) is 0 Å². The van der Waals surface area contributed by atoms with Crippen molar-refractivity contribution in [2.75, 3.05) is 18.4 Å². The van der Waals surface area contributed by atoms with Crippen molar-refractivity contribution < 1.29 is 33.0 Å². The molecule has 1 atom stereocenters. The second kappa shape index (κ2) is 8.30. The summed E-state index contributed by atoms with van der Waals surface area (Å²) in [7, 11) is 0. The number of carboxylic acid groups (broad SMARTS) is 1. The molecule has 0 aliphatic carbocycles. The first-order valence-corrected chi connectivity index (χ1v) is 9.81. The number of anilines is 2. The number of carbonyl (C=O) groups excluding carboxylic acids is 1. The van der Waals surface area contributed by atoms with Gasteiger partial charge in [-0.2, -0.15) is 0 Å². The maximum Gasteiger partial charge on any atom is 0.404 e. The Morgan fingerprint density at radius 3 is 2.43 bits per heavy atom. The van der Waals surface area contributed by atoms with Crippen molar-refractivity contribution in [3.63, 3.8) is 0 Å². The van der Waals surface area contributed by atoms with Crippen LogP contribution in [0, 0.1) is 21.0 Å². The Morgan fingerprint density at radius 1 is 1.17 bits per heavy atom.